The first kappa shape index (κ1) is 12.2. The Labute approximate surface area is 93.3 Å². The molecule has 16 heavy (non-hydrogen) atoms. The zero-order chi connectivity index (χ0) is 11.8. The fourth-order valence-corrected chi connectivity index (χ4v) is 1.07. The van der Waals surface area contributed by atoms with Crippen molar-refractivity contribution in [3.05, 3.63) is 42.2 Å². The molecule has 0 aromatic heterocycles. The fraction of sp³-hybridized carbons (Fsp3) is 0.182. The molecule has 1 aromatic rings. The molecule has 0 unspecified atom stereocenters. The largest absolute Gasteiger partial charge is 0.334 e. The summed E-state index contributed by atoms with van der Waals surface area (Å²) in [6, 6.07) is 5.31. The molecule has 86 valence electrons. The summed E-state index contributed by atoms with van der Waals surface area (Å²) >= 11 is 0. The summed E-state index contributed by atoms with van der Waals surface area (Å²) in [6.45, 7) is 0.825. The van der Waals surface area contributed by atoms with E-state index in [1.54, 1.807) is 18.2 Å². The number of halogens is 1. The average molecular weight is 223 g/mol. The molecule has 0 fully saturated rings. The molecule has 0 radical (unpaired) electrons. The van der Waals surface area contributed by atoms with Crippen molar-refractivity contribution >= 4 is 11.7 Å². The Balaban J connectivity index is 2.37. The maximum Gasteiger partial charge on any atom is 0.319 e. The molecular formula is C11H14FN3O. The van der Waals surface area contributed by atoms with Crippen molar-refractivity contribution in [1.29, 1.82) is 0 Å². The van der Waals surface area contributed by atoms with E-state index < -0.39 is 0 Å². The zero-order valence-corrected chi connectivity index (χ0v) is 8.74. The Morgan fingerprint density at radius 2 is 2.25 bits per heavy atom. The summed E-state index contributed by atoms with van der Waals surface area (Å²) in [4.78, 5) is 11.3. The van der Waals surface area contributed by atoms with Gasteiger partial charge in [0.1, 0.15) is 5.82 Å². The molecule has 0 aliphatic carbocycles. The minimum absolute atomic E-state index is 0.382. The first-order valence-corrected chi connectivity index (χ1v) is 4.88. The lowest BCUT2D eigenvalue weighted by Gasteiger charge is -2.05. The van der Waals surface area contributed by atoms with Crippen LogP contribution in [-0.4, -0.2) is 19.1 Å². The second-order valence-electron chi connectivity index (χ2n) is 3.05. The van der Waals surface area contributed by atoms with E-state index in [0.717, 1.165) is 0 Å². The third-order valence-corrected chi connectivity index (χ3v) is 1.77. The maximum absolute atomic E-state index is 12.8. The Kier molecular flexibility index (Phi) is 5.01. The van der Waals surface area contributed by atoms with Crippen LogP contribution >= 0.6 is 0 Å². The number of nitrogens with two attached hydrogens (primary N) is 1. The third kappa shape index (κ3) is 4.56. The molecular weight excluding hydrogens is 209 g/mol. The normalized spacial score (nSPS) is 10.4. The molecule has 5 heteroatoms. The Bertz CT molecular complexity index is 379. The quantitative estimate of drug-likeness (QED) is 0.676. The molecule has 0 spiro atoms. The number of hydrogen-bond acceptors (Lipinski definition) is 2. The number of nitrogens with one attached hydrogen (secondary N) is 2. The summed E-state index contributed by atoms with van der Waals surface area (Å²) in [5, 5.41) is 5.08. The molecule has 0 bridgehead atoms. The SMILES string of the molecule is NC/C=C/CNC(=O)Nc1cccc(F)c1. The number of anilines is 1. The van der Waals surface area contributed by atoms with Crippen LogP contribution in [-0.2, 0) is 0 Å². The van der Waals surface area contributed by atoms with E-state index in [-0.39, 0.29) is 11.8 Å². The molecule has 2 amide bonds. The molecule has 0 aliphatic rings. The summed E-state index contributed by atoms with van der Waals surface area (Å²) in [6.07, 6.45) is 3.48. The maximum atomic E-state index is 12.8. The molecule has 0 saturated heterocycles. The average Bonchev–Trinajstić information content (AvgIpc) is 2.24. The summed E-state index contributed by atoms with van der Waals surface area (Å²) in [5.74, 6) is -0.388. The van der Waals surface area contributed by atoms with Gasteiger partial charge in [-0.25, -0.2) is 9.18 Å². The highest BCUT2D eigenvalue weighted by atomic mass is 19.1. The lowest BCUT2D eigenvalue weighted by atomic mass is 10.3. The number of carbonyl (C=O) groups is 1. The number of hydrogen-bond donors (Lipinski definition) is 3. The number of amides is 2. The Hall–Kier alpha value is -1.88. The predicted octanol–water partition coefficient (Wildman–Crippen LogP) is 1.46. The Morgan fingerprint density at radius 1 is 1.44 bits per heavy atom. The standard InChI is InChI=1S/C11H14FN3O/c12-9-4-3-5-10(8-9)15-11(16)14-7-2-1-6-13/h1-5,8H,6-7,13H2,(H2,14,15,16)/b2-1+. The molecule has 4 N–H and O–H groups in total. The minimum atomic E-state index is -0.388. The first-order chi connectivity index (χ1) is 7.72. The molecule has 1 aromatic carbocycles. The van der Waals surface area contributed by atoms with Crippen molar-refractivity contribution in [2.75, 3.05) is 18.4 Å². The highest BCUT2D eigenvalue weighted by Crippen LogP contribution is 2.08. The number of rotatable bonds is 4. The van der Waals surface area contributed by atoms with Gasteiger partial charge in [-0.05, 0) is 18.2 Å². The monoisotopic (exact) mass is 223 g/mol. The van der Waals surface area contributed by atoms with Crippen molar-refractivity contribution in [1.82, 2.24) is 5.32 Å². The van der Waals surface area contributed by atoms with Gasteiger partial charge in [-0.3, -0.25) is 0 Å². The van der Waals surface area contributed by atoms with Crippen molar-refractivity contribution in [3.63, 3.8) is 0 Å². The van der Waals surface area contributed by atoms with Gasteiger partial charge in [0, 0.05) is 18.8 Å². The van der Waals surface area contributed by atoms with E-state index >= 15 is 0 Å². The summed E-state index contributed by atoms with van der Waals surface area (Å²) in [7, 11) is 0. The van der Waals surface area contributed by atoms with Gasteiger partial charge in [-0.15, -0.1) is 0 Å². The van der Waals surface area contributed by atoms with Gasteiger partial charge in [0.25, 0.3) is 0 Å². The van der Waals surface area contributed by atoms with Crippen LogP contribution < -0.4 is 16.4 Å². The van der Waals surface area contributed by atoms with E-state index in [1.807, 2.05) is 0 Å². The van der Waals surface area contributed by atoms with Crippen LogP contribution in [0.1, 0.15) is 0 Å². The smallest absolute Gasteiger partial charge is 0.319 e. The van der Waals surface area contributed by atoms with E-state index in [0.29, 0.717) is 18.8 Å². The van der Waals surface area contributed by atoms with Crippen molar-refractivity contribution in [2.45, 2.75) is 0 Å². The zero-order valence-electron chi connectivity index (χ0n) is 8.74. The number of benzene rings is 1. The van der Waals surface area contributed by atoms with Gasteiger partial charge in [0.05, 0.1) is 0 Å². The molecule has 0 aliphatic heterocycles. The van der Waals surface area contributed by atoms with Gasteiger partial charge in [-0.2, -0.15) is 0 Å². The van der Waals surface area contributed by atoms with Crippen LogP contribution in [0.5, 0.6) is 0 Å². The van der Waals surface area contributed by atoms with Crippen molar-refractivity contribution < 1.29 is 9.18 Å². The molecule has 4 nitrogen and oxygen atoms in total. The second-order valence-corrected chi connectivity index (χ2v) is 3.05. The summed E-state index contributed by atoms with van der Waals surface area (Å²) < 4.78 is 12.8. The van der Waals surface area contributed by atoms with Crippen LogP contribution in [0.15, 0.2) is 36.4 Å². The highest BCUT2D eigenvalue weighted by Gasteiger charge is 2.00. The van der Waals surface area contributed by atoms with Crippen molar-refractivity contribution in [3.8, 4) is 0 Å². The number of urea groups is 1. The van der Waals surface area contributed by atoms with E-state index in [4.69, 9.17) is 5.73 Å². The van der Waals surface area contributed by atoms with Gasteiger partial charge in [0.15, 0.2) is 0 Å². The molecule has 0 saturated carbocycles. The van der Waals surface area contributed by atoms with Crippen LogP contribution in [0.25, 0.3) is 0 Å². The molecule has 0 heterocycles. The fourth-order valence-electron chi connectivity index (χ4n) is 1.07. The predicted molar refractivity (Wildman–Crippen MR) is 61.6 cm³/mol. The van der Waals surface area contributed by atoms with Crippen molar-refractivity contribution in [2.24, 2.45) is 5.73 Å². The lowest BCUT2D eigenvalue weighted by molar-refractivity contribution is 0.253. The van der Waals surface area contributed by atoms with Gasteiger partial charge < -0.3 is 16.4 Å². The summed E-state index contributed by atoms with van der Waals surface area (Å²) in [5.41, 5.74) is 5.65. The van der Waals surface area contributed by atoms with E-state index in [1.165, 1.54) is 18.2 Å². The van der Waals surface area contributed by atoms with Gasteiger partial charge in [0.2, 0.25) is 0 Å². The molecule has 1 rings (SSSR count). The van der Waals surface area contributed by atoms with Gasteiger partial charge >= 0.3 is 6.03 Å². The lowest BCUT2D eigenvalue weighted by Crippen LogP contribution is -2.28. The van der Waals surface area contributed by atoms with Gasteiger partial charge in [-0.1, -0.05) is 18.2 Å². The van der Waals surface area contributed by atoms with Crippen LogP contribution in [0, 0.1) is 5.82 Å². The second kappa shape index (κ2) is 6.58. The van der Waals surface area contributed by atoms with Crippen LogP contribution in [0.4, 0.5) is 14.9 Å². The Morgan fingerprint density at radius 3 is 2.94 bits per heavy atom. The van der Waals surface area contributed by atoms with Crippen LogP contribution in [0.3, 0.4) is 0 Å². The minimum Gasteiger partial charge on any atom is -0.334 e. The molecule has 0 atom stereocenters. The third-order valence-electron chi connectivity index (χ3n) is 1.77. The number of carbonyl (C=O) groups excluding carboxylic acids is 1. The topological polar surface area (TPSA) is 67.1 Å². The van der Waals surface area contributed by atoms with E-state index in [9.17, 15) is 9.18 Å². The highest BCUT2D eigenvalue weighted by molar-refractivity contribution is 5.89. The van der Waals surface area contributed by atoms with E-state index in [2.05, 4.69) is 10.6 Å². The first-order valence-electron chi connectivity index (χ1n) is 4.88. The van der Waals surface area contributed by atoms with Crippen LogP contribution in [0.2, 0.25) is 0 Å².